The SMILES string of the molecule is Cc1nc2c(s1)C=CC=NC2(C)N. The molecule has 1 atom stereocenters. The summed E-state index contributed by atoms with van der Waals surface area (Å²) in [5, 5.41) is 1.03. The zero-order valence-electron chi connectivity index (χ0n) is 7.61. The molecule has 0 aromatic carbocycles. The highest BCUT2D eigenvalue weighted by Gasteiger charge is 2.26. The fraction of sp³-hybridized carbons (Fsp3) is 0.333. The molecular formula is C9H11N3S. The summed E-state index contributed by atoms with van der Waals surface area (Å²) in [6.45, 7) is 3.85. The zero-order chi connectivity index (χ0) is 9.47. The Morgan fingerprint density at radius 1 is 1.54 bits per heavy atom. The van der Waals surface area contributed by atoms with Crippen LogP contribution in [0.3, 0.4) is 0 Å². The van der Waals surface area contributed by atoms with Gasteiger partial charge in [0.2, 0.25) is 0 Å². The fourth-order valence-corrected chi connectivity index (χ4v) is 2.26. The molecule has 0 saturated heterocycles. The molecule has 0 aliphatic carbocycles. The lowest BCUT2D eigenvalue weighted by atomic mass is 10.1. The first-order valence-electron chi connectivity index (χ1n) is 4.08. The average Bonchev–Trinajstić information content (AvgIpc) is 2.36. The first kappa shape index (κ1) is 8.59. The number of hydrogen-bond acceptors (Lipinski definition) is 4. The summed E-state index contributed by atoms with van der Waals surface area (Å²) >= 11 is 1.65. The summed E-state index contributed by atoms with van der Waals surface area (Å²) in [7, 11) is 0. The van der Waals surface area contributed by atoms with E-state index in [1.165, 1.54) is 0 Å². The van der Waals surface area contributed by atoms with Gasteiger partial charge < -0.3 is 5.73 Å². The third-order valence-corrected chi connectivity index (χ3v) is 2.85. The van der Waals surface area contributed by atoms with E-state index in [1.54, 1.807) is 17.6 Å². The summed E-state index contributed by atoms with van der Waals surface area (Å²) in [4.78, 5) is 9.72. The maximum absolute atomic E-state index is 6.01. The minimum atomic E-state index is -0.677. The van der Waals surface area contributed by atoms with Gasteiger partial charge in [0.1, 0.15) is 11.4 Å². The Morgan fingerprint density at radius 2 is 2.31 bits per heavy atom. The van der Waals surface area contributed by atoms with E-state index in [0.717, 1.165) is 15.6 Å². The third kappa shape index (κ3) is 1.43. The second-order valence-electron chi connectivity index (χ2n) is 3.23. The number of fused-ring (bicyclic) bond motifs is 1. The van der Waals surface area contributed by atoms with Gasteiger partial charge in [0, 0.05) is 6.21 Å². The molecule has 1 aromatic rings. The lowest BCUT2D eigenvalue weighted by Crippen LogP contribution is -2.31. The van der Waals surface area contributed by atoms with Crippen LogP contribution in [-0.4, -0.2) is 11.2 Å². The molecule has 1 unspecified atom stereocenters. The van der Waals surface area contributed by atoms with Crippen LogP contribution in [0.15, 0.2) is 11.1 Å². The highest BCUT2D eigenvalue weighted by atomic mass is 32.1. The normalized spacial score (nSPS) is 25.8. The van der Waals surface area contributed by atoms with Crippen molar-refractivity contribution in [1.29, 1.82) is 0 Å². The van der Waals surface area contributed by atoms with Gasteiger partial charge in [-0.2, -0.15) is 0 Å². The van der Waals surface area contributed by atoms with Gasteiger partial charge in [-0.25, -0.2) is 4.98 Å². The Kier molecular flexibility index (Phi) is 1.82. The largest absolute Gasteiger partial charge is 0.302 e. The molecule has 0 amide bonds. The van der Waals surface area contributed by atoms with Crippen LogP contribution in [0.2, 0.25) is 0 Å². The topological polar surface area (TPSA) is 51.3 Å². The highest BCUT2D eigenvalue weighted by Crippen LogP contribution is 2.29. The van der Waals surface area contributed by atoms with Gasteiger partial charge in [-0.05, 0) is 26.0 Å². The molecule has 0 fully saturated rings. The van der Waals surface area contributed by atoms with E-state index >= 15 is 0 Å². The van der Waals surface area contributed by atoms with E-state index in [1.807, 2.05) is 26.0 Å². The third-order valence-electron chi connectivity index (χ3n) is 1.92. The number of nitrogens with two attached hydrogens (primary N) is 1. The molecule has 3 nitrogen and oxygen atoms in total. The second kappa shape index (κ2) is 2.75. The van der Waals surface area contributed by atoms with Crippen LogP contribution >= 0.6 is 11.3 Å². The molecule has 0 radical (unpaired) electrons. The van der Waals surface area contributed by atoms with Crippen LogP contribution in [-0.2, 0) is 5.66 Å². The zero-order valence-corrected chi connectivity index (χ0v) is 8.43. The Morgan fingerprint density at radius 3 is 3.08 bits per heavy atom. The Labute approximate surface area is 81.0 Å². The first-order valence-corrected chi connectivity index (χ1v) is 4.90. The van der Waals surface area contributed by atoms with Crippen molar-refractivity contribution in [3.05, 3.63) is 21.7 Å². The van der Waals surface area contributed by atoms with Gasteiger partial charge in [-0.1, -0.05) is 0 Å². The molecule has 2 N–H and O–H groups in total. The van der Waals surface area contributed by atoms with Crippen molar-refractivity contribution in [3.63, 3.8) is 0 Å². The van der Waals surface area contributed by atoms with Crippen LogP contribution < -0.4 is 5.73 Å². The molecule has 0 bridgehead atoms. The summed E-state index contributed by atoms with van der Waals surface area (Å²) < 4.78 is 0. The Bertz CT molecular complexity index is 388. The maximum Gasteiger partial charge on any atom is 0.149 e. The number of allylic oxidation sites excluding steroid dienone is 1. The molecule has 4 heteroatoms. The number of thiazole rings is 1. The fourth-order valence-electron chi connectivity index (χ4n) is 1.31. The van der Waals surface area contributed by atoms with Gasteiger partial charge in [0.25, 0.3) is 0 Å². The van der Waals surface area contributed by atoms with Crippen molar-refractivity contribution in [2.75, 3.05) is 0 Å². The summed E-state index contributed by atoms with van der Waals surface area (Å²) in [6.07, 6.45) is 5.62. The number of aliphatic imine (C=N–C) groups is 1. The second-order valence-corrected chi connectivity index (χ2v) is 4.47. The molecule has 1 aromatic heterocycles. The van der Waals surface area contributed by atoms with Gasteiger partial charge in [-0.3, -0.25) is 4.99 Å². The average molecular weight is 193 g/mol. The minimum Gasteiger partial charge on any atom is -0.302 e. The van der Waals surface area contributed by atoms with E-state index in [9.17, 15) is 0 Å². The van der Waals surface area contributed by atoms with Crippen molar-refractivity contribution in [3.8, 4) is 0 Å². The number of nitrogens with zero attached hydrogens (tertiary/aromatic N) is 2. The first-order chi connectivity index (χ1) is 6.09. The molecule has 1 aliphatic rings. The summed E-state index contributed by atoms with van der Waals surface area (Å²) in [5.41, 5.74) is 6.21. The van der Waals surface area contributed by atoms with E-state index in [2.05, 4.69) is 9.98 Å². The molecular weight excluding hydrogens is 182 g/mol. The maximum atomic E-state index is 6.01. The van der Waals surface area contributed by atoms with Gasteiger partial charge in [0.15, 0.2) is 0 Å². The molecule has 1 aliphatic heterocycles. The van der Waals surface area contributed by atoms with Crippen LogP contribution in [0.1, 0.15) is 22.5 Å². The standard InChI is InChI=1S/C9H11N3S/c1-6-12-8-7(13-6)4-3-5-11-9(8,2)10/h3-5H,10H2,1-2H3. The van der Waals surface area contributed by atoms with Crippen LogP contribution in [0.5, 0.6) is 0 Å². The van der Waals surface area contributed by atoms with Gasteiger partial charge >= 0.3 is 0 Å². The summed E-state index contributed by atoms with van der Waals surface area (Å²) in [5.74, 6) is 0. The number of aromatic nitrogens is 1. The van der Waals surface area contributed by atoms with Crippen molar-refractivity contribution in [2.45, 2.75) is 19.5 Å². The van der Waals surface area contributed by atoms with E-state index < -0.39 is 5.66 Å². The van der Waals surface area contributed by atoms with E-state index in [4.69, 9.17) is 5.73 Å². The van der Waals surface area contributed by atoms with Crippen molar-refractivity contribution >= 4 is 23.6 Å². The molecule has 2 heterocycles. The lowest BCUT2D eigenvalue weighted by molar-refractivity contribution is 0.512. The number of rotatable bonds is 0. The Hall–Kier alpha value is -1.00. The van der Waals surface area contributed by atoms with Crippen molar-refractivity contribution < 1.29 is 0 Å². The van der Waals surface area contributed by atoms with E-state index in [0.29, 0.717) is 0 Å². The van der Waals surface area contributed by atoms with Gasteiger partial charge in [-0.15, -0.1) is 11.3 Å². The van der Waals surface area contributed by atoms with Gasteiger partial charge in [0.05, 0.1) is 9.88 Å². The van der Waals surface area contributed by atoms with Crippen molar-refractivity contribution in [1.82, 2.24) is 4.98 Å². The van der Waals surface area contributed by atoms with Crippen LogP contribution in [0.25, 0.3) is 6.08 Å². The quantitative estimate of drug-likeness (QED) is 0.681. The van der Waals surface area contributed by atoms with E-state index in [-0.39, 0.29) is 0 Å². The Balaban J connectivity index is 2.63. The molecule has 0 spiro atoms. The van der Waals surface area contributed by atoms with Crippen molar-refractivity contribution in [2.24, 2.45) is 10.7 Å². The minimum absolute atomic E-state index is 0.677. The predicted molar refractivity (Wildman–Crippen MR) is 55.9 cm³/mol. The molecule has 2 rings (SSSR count). The summed E-state index contributed by atoms with van der Waals surface area (Å²) in [6, 6.07) is 0. The molecule has 13 heavy (non-hydrogen) atoms. The lowest BCUT2D eigenvalue weighted by Gasteiger charge is -2.16. The highest BCUT2D eigenvalue weighted by molar-refractivity contribution is 7.12. The molecule has 0 saturated carbocycles. The molecule has 68 valence electrons. The predicted octanol–water partition coefficient (Wildman–Crippen LogP) is 1.68. The number of aryl methyl sites for hydroxylation is 1. The smallest absolute Gasteiger partial charge is 0.149 e. The van der Waals surface area contributed by atoms with Crippen LogP contribution in [0.4, 0.5) is 0 Å². The van der Waals surface area contributed by atoms with Crippen LogP contribution in [0, 0.1) is 6.92 Å². The number of hydrogen-bond donors (Lipinski definition) is 1. The monoisotopic (exact) mass is 193 g/mol.